The van der Waals surface area contributed by atoms with E-state index in [2.05, 4.69) is 18.8 Å². The molecule has 0 radical (unpaired) electrons. The van der Waals surface area contributed by atoms with Crippen molar-refractivity contribution in [3.8, 4) is 0 Å². The molecule has 0 saturated carbocycles. The van der Waals surface area contributed by atoms with Gasteiger partial charge in [0.05, 0.1) is 5.39 Å². The molecule has 0 saturated heterocycles. The molecule has 2 heterocycles. The van der Waals surface area contributed by atoms with Gasteiger partial charge < -0.3 is 9.15 Å². The molecule has 0 unspecified atom stereocenters. The van der Waals surface area contributed by atoms with Crippen molar-refractivity contribution in [1.82, 2.24) is 9.55 Å². The van der Waals surface area contributed by atoms with E-state index in [0.29, 0.717) is 12.3 Å². The summed E-state index contributed by atoms with van der Waals surface area (Å²) in [5.41, 5.74) is 0.178. The molecule has 0 aliphatic carbocycles. The van der Waals surface area contributed by atoms with Crippen LogP contribution in [0.5, 0.6) is 0 Å². The van der Waals surface area contributed by atoms with Crippen molar-refractivity contribution in [2.75, 3.05) is 6.61 Å². The number of rotatable bonds is 12. The van der Waals surface area contributed by atoms with Crippen LogP contribution < -0.4 is 5.69 Å². The average molecular weight is 334 g/mol. The lowest BCUT2D eigenvalue weighted by Gasteiger charge is -2.04. The maximum atomic E-state index is 12.1. The molecule has 0 spiro atoms. The van der Waals surface area contributed by atoms with Crippen LogP contribution in [0.3, 0.4) is 0 Å². The van der Waals surface area contributed by atoms with E-state index in [9.17, 15) is 4.79 Å². The molecule has 134 valence electrons. The summed E-state index contributed by atoms with van der Waals surface area (Å²) < 4.78 is 12.9. The summed E-state index contributed by atoms with van der Waals surface area (Å²) in [7, 11) is 0. The topological polar surface area (TPSA) is 57.3 Å². The Bertz CT molecular complexity index is 660. The van der Waals surface area contributed by atoms with Gasteiger partial charge in [0, 0.05) is 19.3 Å². The Morgan fingerprint density at radius 2 is 1.83 bits per heavy atom. The minimum atomic E-state index is -0.233. The largest absolute Gasteiger partial charge is 0.440 e. The molecule has 0 aliphatic heterocycles. The third kappa shape index (κ3) is 5.78. The van der Waals surface area contributed by atoms with Crippen LogP contribution in [0.4, 0.5) is 0 Å². The fourth-order valence-electron chi connectivity index (χ4n) is 2.71. The molecule has 5 nitrogen and oxygen atoms in total. The van der Waals surface area contributed by atoms with Crippen molar-refractivity contribution in [3.63, 3.8) is 0 Å². The molecule has 0 atom stereocenters. The molecule has 5 heteroatoms. The number of ether oxygens (including phenoxy) is 1. The second-order valence-corrected chi connectivity index (χ2v) is 6.36. The highest BCUT2D eigenvalue weighted by atomic mass is 16.5. The molecule has 24 heavy (non-hydrogen) atoms. The molecular weight excluding hydrogens is 304 g/mol. The predicted octanol–water partition coefficient (Wildman–Crippen LogP) is 4.67. The van der Waals surface area contributed by atoms with Crippen LogP contribution in [0.2, 0.25) is 0 Å². The van der Waals surface area contributed by atoms with Crippen LogP contribution in [0.1, 0.15) is 71.0 Å². The van der Waals surface area contributed by atoms with Gasteiger partial charge in [-0.3, -0.25) is 4.57 Å². The summed E-state index contributed by atoms with van der Waals surface area (Å²) in [6.07, 6.45) is 11.3. The van der Waals surface area contributed by atoms with Crippen molar-refractivity contribution < 1.29 is 9.15 Å². The van der Waals surface area contributed by atoms with Crippen LogP contribution >= 0.6 is 0 Å². The Morgan fingerprint density at radius 1 is 1.08 bits per heavy atom. The minimum Gasteiger partial charge on any atom is -0.440 e. The fourth-order valence-corrected chi connectivity index (χ4v) is 2.71. The maximum absolute atomic E-state index is 12.1. The zero-order valence-electron chi connectivity index (χ0n) is 15.1. The van der Waals surface area contributed by atoms with E-state index in [-0.39, 0.29) is 5.69 Å². The first kappa shape index (κ1) is 18.7. The van der Waals surface area contributed by atoms with Crippen LogP contribution in [-0.2, 0) is 17.9 Å². The molecule has 0 bridgehead atoms. The Labute approximate surface area is 144 Å². The van der Waals surface area contributed by atoms with Gasteiger partial charge in [-0.05, 0) is 18.9 Å². The molecule has 0 aliphatic rings. The zero-order valence-corrected chi connectivity index (χ0v) is 15.1. The summed E-state index contributed by atoms with van der Waals surface area (Å²) >= 11 is 0. The highest BCUT2D eigenvalue weighted by Crippen LogP contribution is 2.17. The number of aromatic nitrogens is 2. The summed E-state index contributed by atoms with van der Waals surface area (Å²) in [5.74, 6) is 0.727. The average Bonchev–Trinajstić information content (AvgIpc) is 2.96. The third-order valence-electron chi connectivity index (χ3n) is 4.17. The van der Waals surface area contributed by atoms with Crippen LogP contribution in [0.25, 0.3) is 11.1 Å². The summed E-state index contributed by atoms with van der Waals surface area (Å²) in [6.45, 7) is 6.23. The van der Waals surface area contributed by atoms with Crippen molar-refractivity contribution in [3.05, 3.63) is 28.5 Å². The van der Waals surface area contributed by atoms with E-state index in [1.807, 2.05) is 12.3 Å². The third-order valence-corrected chi connectivity index (χ3v) is 4.17. The van der Waals surface area contributed by atoms with Gasteiger partial charge in [-0.25, -0.2) is 4.79 Å². The standard InChI is InChI=1S/C19H30N2O3/c1-3-5-7-8-9-10-11-21-14-16-13-17(15-23-12-6-4-2)24-18(16)20-19(21)22/h13-14H,3-12,15H2,1-2H3. The SMILES string of the molecule is CCCCCCCCn1cc2cc(COCCCC)oc2nc1=O. The van der Waals surface area contributed by atoms with E-state index in [0.717, 1.165) is 50.0 Å². The first-order chi connectivity index (χ1) is 11.7. The monoisotopic (exact) mass is 334 g/mol. The van der Waals surface area contributed by atoms with Gasteiger partial charge in [-0.15, -0.1) is 0 Å². The molecule has 0 N–H and O–H groups in total. The second-order valence-electron chi connectivity index (χ2n) is 6.36. The summed E-state index contributed by atoms with van der Waals surface area (Å²) in [4.78, 5) is 16.1. The van der Waals surface area contributed by atoms with Gasteiger partial charge in [-0.2, -0.15) is 4.98 Å². The van der Waals surface area contributed by atoms with Gasteiger partial charge in [0.1, 0.15) is 12.4 Å². The number of hydrogen-bond donors (Lipinski definition) is 0. The molecule has 2 aromatic heterocycles. The highest BCUT2D eigenvalue weighted by Gasteiger charge is 2.08. The maximum Gasteiger partial charge on any atom is 0.350 e. The zero-order chi connectivity index (χ0) is 17.2. The van der Waals surface area contributed by atoms with Crippen LogP contribution in [-0.4, -0.2) is 16.2 Å². The van der Waals surface area contributed by atoms with Gasteiger partial charge in [0.2, 0.25) is 5.71 Å². The van der Waals surface area contributed by atoms with Gasteiger partial charge in [-0.1, -0.05) is 52.4 Å². The first-order valence-electron chi connectivity index (χ1n) is 9.32. The number of aryl methyl sites for hydroxylation is 1. The van der Waals surface area contributed by atoms with Crippen molar-refractivity contribution in [2.24, 2.45) is 0 Å². The summed E-state index contributed by atoms with van der Waals surface area (Å²) in [6, 6.07) is 1.92. The fraction of sp³-hybridized carbons (Fsp3) is 0.684. The van der Waals surface area contributed by atoms with E-state index >= 15 is 0 Å². The smallest absolute Gasteiger partial charge is 0.350 e. The lowest BCUT2D eigenvalue weighted by molar-refractivity contribution is 0.105. The molecule has 2 aromatic rings. The molecular formula is C19H30N2O3. The van der Waals surface area contributed by atoms with Gasteiger partial charge in [0.25, 0.3) is 0 Å². The van der Waals surface area contributed by atoms with Crippen LogP contribution in [0.15, 0.2) is 21.5 Å². The number of nitrogens with zero attached hydrogens (tertiary/aromatic N) is 2. The number of hydrogen-bond acceptors (Lipinski definition) is 4. The molecule has 0 aromatic carbocycles. The number of furan rings is 1. The Kier molecular flexibility index (Phi) is 8.02. The van der Waals surface area contributed by atoms with Crippen LogP contribution in [0, 0.1) is 0 Å². The van der Waals surface area contributed by atoms with Crippen molar-refractivity contribution in [1.29, 1.82) is 0 Å². The quantitative estimate of drug-likeness (QED) is 0.529. The number of unbranched alkanes of at least 4 members (excludes halogenated alkanes) is 6. The highest BCUT2D eigenvalue weighted by molar-refractivity contribution is 5.72. The first-order valence-corrected chi connectivity index (χ1v) is 9.32. The molecule has 2 rings (SSSR count). The Hall–Kier alpha value is -1.62. The van der Waals surface area contributed by atoms with E-state index in [4.69, 9.17) is 9.15 Å². The lowest BCUT2D eigenvalue weighted by atomic mass is 10.1. The Morgan fingerprint density at radius 3 is 2.62 bits per heavy atom. The van der Waals surface area contributed by atoms with Crippen molar-refractivity contribution in [2.45, 2.75) is 78.4 Å². The van der Waals surface area contributed by atoms with E-state index in [1.165, 1.54) is 25.7 Å². The van der Waals surface area contributed by atoms with E-state index in [1.54, 1.807) is 4.57 Å². The van der Waals surface area contributed by atoms with Gasteiger partial charge in [0.15, 0.2) is 0 Å². The number of fused-ring (bicyclic) bond motifs is 1. The minimum absolute atomic E-state index is 0.233. The van der Waals surface area contributed by atoms with E-state index < -0.39 is 0 Å². The van der Waals surface area contributed by atoms with Gasteiger partial charge >= 0.3 is 5.69 Å². The molecule has 0 amide bonds. The van der Waals surface area contributed by atoms with Crippen molar-refractivity contribution >= 4 is 11.1 Å². The predicted molar refractivity (Wildman–Crippen MR) is 96.2 cm³/mol. The lowest BCUT2D eigenvalue weighted by Crippen LogP contribution is -2.22. The molecule has 0 fully saturated rings. The normalized spacial score (nSPS) is 11.4. The second kappa shape index (κ2) is 10.3. The Balaban J connectivity index is 1.89. The summed E-state index contributed by atoms with van der Waals surface area (Å²) in [5, 5.41) is 0.870.